The lowest BCUT2D eigenvalue weighted by Gasteiger charge is -2.11. The van der Waals surface area contributed by atoms with Gasteiger partial charge in [-0.3, -0.25) is 0 Å². The number of methoxy groups -OCH3 is 1. The summed E-state index contributed by atoms with van der Waals surface area (Å²) in [5, 5.41) is 0. The van der Waals surface area contributed by atoms with Crippen molar-refractivity contribution < 1.29 is 9.47 Å². The quantitative estimate of drug-likeness (QED) is 0.686. The van der Waals surface area contributed by atoms with Crippen LogP contribution in [0.5, 0.6) is 5.75 Å². The third kappa shape index (κ3) is 2.51. The first-order valence-corrected chi connectivity index (χ1v) is 5.14. The van der Waals surface area contributed by atoms with Gasteiger partial charge in [0.15, 0.2) is 0 Å². The molecule has 0 saturated heterocycles. The fraction of sp³-hybridized carbons (Fsp3) is 0.385. The number of hydrogen-bond donors (Lipinski definition) is 0. The average Bonchev–Trinajstić information content (AvgIpc) is 2.58. The van der Waals surface area contributed by atoms with Gasteiger partial charge in [0, 0.05) is 13.0 Å². The highest BCUT2D eigenvalue weighted by atomic mass is 16.5. The standard InChI is InChI=1S/C13H14O2/c1-14-12-8-6-11(7-9-12)13-5-3-2-4-10-15-13/h6-9,13H,2,4,10H2,1H3/t13-/m0/s1. The summed E-state index contributed by atoms with van der Waals surface area (Å²) in [5.74, 6) is 7.10. The minimum absolute atomic E-state index is 0.0709. The van der Waals surface area contributed by atoms with Crippen molar-refractivity contribution in [1.82, 2.24) is 0 Å². The molecule has 0 N–H and O–H groups in total. The molecule has 0 radical (unpaired) electrons. The van der Waals surface area contributed by atoms with E-state index in [0.717, 1.165) is 30.8 Å². The molecule has 2 heteroatoms. The monoisotopic (exact) mass is 202 g/mol. The van der Waals surface area contributed by atoms with E-state index < -0.39 is 0 Å². The molecule has 0 unspecified atom stereocenters. The Bertz CT molecular complexity index is 370. The average molecular weight is 202 g/mol. The minimum atomic E-state index is -0.0709. The van der Waals surface area contributed by atoms with Crippen molar-refractivity contribution in [1.29, 1.82) is 0 Å². The molecule has 1 aromatic carbocycles. The summed E-state index contributed by atoms with van der Waals surface area (Å²) in [5.41, 5.74) is 1.10. The van der Waals surface area contributed by atoms with Crippen molar-refractivity contribution in [3.05, 3.63) is 29.8 Å². The lowest BCUT2D eigenvalue weighted by molar-refractivity contribution is 0.0933. The van der Waals surface area contributed by atoms with Crippen molar-refractivity contribution in [2.45, 2.75) is 18.9 Å². The van der Waals surface area contributed by atoms with Crippen molar-refractivity contribution in [2.24, 2.45) is 0 Å². The Morgan fingerprint density at radius 1 is 1.33 bits per heavy atom. The second-order valence-electron chi connectivity index (χ2n) is 3.45. The zero-order valence-corrected chi connectivity index (χ0v) is 8.82. The second kappa shape index (κ2) is 4.86. The summed E-state index contributed by atoms with van der Waals surface area (Å²) < 4.78 is 10.8. The Hall–Kier alpha value is -1.46. The van der Waals surface area contributed by atoms with Gasteiger partial charge < -0.3 is 9.47 Å². The number of rotatable bonds is 2. The Balaban J connectivity index is 2.15. The van der Waals surface area contributed by atoms with E-state index in [1.54, 1.807) is 7.11 Å². The molecule has 0 amide bonds. The SMILES string of the molecule is COc1ccc([C@@H]2C#CCCCO2)cc1. The van der Waals surface area contributed by atoms with Crippen molar-refractivity contribution in [3.63, 3.8) is 0 Å². The molecule has 0 aromatic heterocycles. The Morgan fingerprint density at radius 2 is 2.13 bits per heavy atom. The van der Waals surface area contributed by atoms with Gasteiger partial charge in [-0.25, -0.2) is 0 Å². The molecule has 1 atom stereocenters. The Labute approximate surface area is 90.2 Å². The van der Waals surface area contributed by atoms with Gasteiger partial charge >= 0.3 is 0 Å². The molecular weight excluding hydrogens is 188 g/mol. The van der Waals surface area contributed by atoms with Crippen LogP contribution in [0.15, 0.2) is 24.3 Å². The zero-order valence-electron chi connectivity index (χ0n) is 8.82. The van der Waals surface area contributed by atoms with Gasteiger partial charge in [-0.2, -0.15) is 0 Å². The van der Waals surface area contributed by atoms with Crippen LogP contribution in [-0.2, 0) is 4.74 Å². The number of benzene rings is 1. The normalized spacial score (nSPS) is 19.9. The van der Waals surface area contributed by atoms with Gasteiger partial charge in [-0.15, -0.1) is 5.92 Å². The van der Waals surface area contributed by atoms with Gasteiger partial charge in [0.25, 0.3) is 0 Å². The van der Waals surface area contributed by atoms with E-state index in [1.165, 1.54) is 0 Å². The summed E-state index contributed by atoms with van der Waals surface area (Å²) in [6.45, 7) is 0.774. The highest BCUT2D eigenvalue weighted by molar-refractivity contribution is 5.32. The van der Waals surface area contributed by atoms with Crippen LogP contribution in [0.3, 0.4) is 0 Å². The number of ether oxygens (including phenoxy) is 2. The first-order valence-electron chi connectivity index (χ1n) is 5.14. The third-order valence-corrected chi connectivity index (χ3v) is 2.38. The first-order chi connectivity index (χ1) is 7.40. The van der Waals surface area contributed by atoms with Crippen molar-refractivity contribution >= 4 is 0 Å². The van der Waals surface area contributed by atoms with Crippen LogP contribution >= 0.6 is 0 Å². The zero-order chi connectivity index (χ0) is 10.5. The van der Waals surface area contributed by atoms with Gasteiger partial charge in [-0.1, -0.05) is 18.1 Å². The van der Waals surface area contributed by atoms with Gasteiger partial charge in [0.2, 0.25) is 0 Å². The maximum atomic E-state index is 5.65. The molecule has 0 fully saturated rings. The topological polar surface area (TPSA) is 18.5 Å². The van der Waals surface area contributed by atoms with E-state index in [0.29, 0.717) is 0 Å². The van der Waals surface area contributed by atoms with E-state index in [1.807, 2.05) is 24.3 Å². The molecule has 15 heavy (non-hydrogen) atoms. The molecule has 1 aromatic rings. The second-order valence-corrected chi connectivity index (χ2v) is 3.45. The summed E-state index contributed by atoms with van der Waals surface area (Å²) >= 11 is 0. The van der Waals surface area contributed by atoms with Crippen LogP contribution in [0.4, 0.5) is 0 Å². The van der Waals surface area contributed by atoms with Gasteiger partial charge in [0.05, 0.1) is 7.11 Å². The third-order valence-electron chi connectivity index (χ3n) is 2.38. The van der Waals surface area contributed by atoms with E-state index >= 15 is 0 Å². The molecule has 2 nitrogen and oxygen atoms in total. The summed E-state index contributed by atoms with van der Waals surface area (Å²) in [4.78, 5) is 0. The maximum absolute atomic E-state index is 5.65. The van der Waals surface area contributed by atoms with Crippen LogP contribution in [-0.4, -0.2) is 13.7 Å². The fourth-order valence-electron chi connectivity index (χ4n) is 1.53. The summed E-state index contributed by atoms with van der Waals surface area (Å²) in [7, 11) is 1.66. The van der Waals surface area contributed by atoms with Crippen LogP contribution in [0, 0.1) is 11.8 Å². The highest BCUT2D eigenvalue weighted by Gasteiger charge is 2.10. The molecule has 0 aliphatic carbocycles. The van der Waals surface area contributed by atoms with Crippen LogP contribution < -0.4 is 4.74 Å². The smallest absolute Gasteiger partial charge is 0.143 e. The van der Waals surface area contributed by atoms with Crippen LogP contribution in [0.2, 0.25) is 0 Å². The molecule has 0 bridgehead atoms. The largest absolute Gasteiger partial charge is 0.497 e. The van der Waals surface area contributed by atoms with Crippen LogP contribution in [0.25, 0.3) is 0 Å². The lowest BCUT2D eigenvalue weighted by atomic mass is 10.1. The minimum Gasteiger partial charge on any atom is -0.497 e. The van der Waals surface area contributed by atoms with E-state index in [2.05, 4.69) is 11.8 Å². The van der Waals surface area contributed by atoms with E-state index in [9.17, 15) is 0 Å². The molecule has 0 spiro atoms. The molecule has 2 rings (SSSR count). The fourth-order valence-corrected chi connectivity index (χ4v) is 1.53. The molecular formula is C13H14O2. The number of hydrogen-bond acceptors (Lipinski definition) is 2. The molecule has 0 saturated carbocycles. The maximum Gasteiger partial charge on any atom is 0.143 e. The molecule has 1 aliphatic rings. The van der Waals surface area contributed by atoms with E-state index in [4.69, 9.17) is 9.47 Å². The summed E-state index contributed by atoms with van der Waals surface area (Å²) in [6.07, 6.45) is 1.89. The van der Waals surface area contributed by atoms with Gasteiger partial charge in [0.1, 0.15) is 11.9 Å². The van der Waals surface area contributed by atoms with Gasteiger partial charge in [-0.05, 0) is 24.1 Å². The highest BCUT2D eigenvalue weighted by Crippen LogP contribution is 2.21. The van der Waals surface area contributed by atoms with E-state index in [-0.39, 0.29) is 6.10 Å². The molecule has 1 heterocycles. The lowest BCUT2D eigenvalue weighted by Crippen LogP contribution is -2.01. The molecule has 78 valence electrons. The Morgan fingerprint density at radius 3 is 2.87 bits per heavy atom. The van der Waals surface area contributed by atoms with Crippen molar-refractivity contribution in [2.75, 3.05) is 13.7 Å². The van der Waals surface area contributed by atoms with Crippen LogP contribution in [0.1, 0.15) is 24.5 Å². The predicted octanol–water partition coefficient (Wildman–Crippen LogP) is 2.55. The summed E-state index contributed by atoms with van der Waals surface area (Å²) in [6, 6.07) is 7.88. The molecule has 1 aliphatic heterocycles. The Kier molecular flexibility index (Phi) is 3.26. The van der Waals surface area contributed by atoms with Crippen molar-refractivity contribution in [3.8, 4) is 17.6 Å². The predicted molar refractivity (Wildman–Crippen MR) is 58.7 cm³/mol. The first kappa shape index (κ1) is 10.1.